The lowest BCUT2D eigenvalue weighted by Crippen LogP contribution is -2.33. The molecule has 29 heavy (non-hydrogen) atoms. The summed E-state index contributed by atoms with van der Waals surface area (Å²) >= 11 is 0. The number of benzene rings is 1. The molecule has 0 unspecified atom stereocenters. The van der Waals surface area contributed by atoms with Crippen molar-refractivity contribution in [2.75, 3.05) is 24.9 Å². The van der Waals surface area contributed by atoms with Crippen molar-refractivity contribution >= 4 is 32.7 Å². The number of fused-ring (bicyclic) bond motifs is 1. The van der Waals surface area contributed by atoms with Crippen LogP contribution < -0.4 is 9.46 Å². The number of carbonyl (C=O) groups excluding carboxylic acids is 1. The second kappa shape index (κ2) is 7.41. The summed E-state index contributed by atoms with van der Waals surface area (Å²) in [6, 6.07) is 3.99. The summed E-state index contributed by atoms with van der Waals surface area (Å²) in [7, 11) is -2.49. The minimum atomic E-state index is -3.89. The van der Waals surface area contributed by atoms with Crippen LogP contribution in [0, 0.1) is 5.82 Å². The van der Waals surface area contributed by atoms with Crippen LogP contribution >= 0.6 is 0 Å². The molecule has 2 aromatic heterocycles. The van der Waals surface area contributed by atoms with Gasteiger partial charge in [-0.1, -0.05) is 6.07 Å². The second-order valence-electron chi connectivity index (χ2n) is 6.52. The molecule has 9 nitrogen and oxygen atoms in total. The third-order valence-electron chi connectivity index (χ3n) is 4.76. The zero-order valence-electron chi connectivity index (χ0n) is 15.5. The van der Waals surface area contributed by atoms with Gasteiger partial charge in [0.15, 0.2) is 11.6 Å². The third-order valence-corrected chi connectivity index (χ3v) is 6.28. The average molecular weight is 419 g/mol. The molecule has 0 amide bonds. The van der Waals surface area contributed by atoms with Crippen molar-refractivity contribution in [2.45, 2.75) is 12.8 Å². The Hall–Kier alpha value is -3.05. The molecule has 0 radical (unpaired) electrons. The summed E-state index contributed by atoms with van der Waals surface area (Å²) in [4.78, 5) is 23.9. The highest BCUT2D eigenvalue weighted by atomic mass is 32.2. The molecule has 0 aliphatic carbocycles. The summed E-state index contributed by atoms with van der Waals surface area (Å²) in [5, 5.41) is 0.322. The van der Waals surface area contributed by atoms with E-state index in [9.17, 15) is 13.2 Å². The van der Waals surface area contributed by atoms with E-state index < -0.39 is 21.8 Å². The van der Waals surface area contributed by atoms with Gasteiger partial charge in [0.1, 0.15) is 12.0 Å². The molecule has 3 aromatic rings. The van der Waals surface area contributed by atoms with Crippen molar-refractivity contribution in [3.63, 3.8) is 0 Å². The van der Waals surface area contributed by atoms with Crippen LogP contribution in [0.2, 0.25) is 0 Å². The van der Waals surface area contributed by atoms with Gasteiger partial charge in [-0.15, -0.1) is 0 Å². The van der Waals surface area contributed by atoms with Gasteiger partial charge < -0.3 is 9.72 Å². The first-order valence-corrected chi connectivity index (χ1v) is 10.3. The van der Waals surface area contributed by atoms with E-state index in [2.05, 4.69) is 19.7 Å². The molecule has 0 spiro atoms. The Labute approximate surface area is 166 Å². The number of halogens is 1. The minimum absolute atomic E-state index is 0.121. The zero-order valence-corrected chi connectivity index (χ0v) is 16.3. The maximum absolute atomic E-state index is 15.1. The molecule has 3 heterocycles. The number of aromatic nitrogens is 3. The SMILES string of the molecule is COc1ncnc2[nH]cc(C(=O)c3cccc(NS(=O)(=O)N4CCCC4)c3F)c12. The normalized spacial score (nSPS) is 15.0. The van der Waals surface area contributed by atoms with Gasteiger partial charge in [-0.05, 0) is 25.0 Å². The van der Waals surface area contributed by atoms with E-state index in [4.69, 9.17) is 4.74 Å². The second-order valence-corrected chi connectivity index (χ2v) is 8.19. The van der Waals surface area contributed by atoms with E-state index in [1.807, 2.05) is 0 Å². The van der Waals surface area contributed by atoms with E-state index in [1.165, 1.54) is 42.1 Å². The van der Waals surface area contributed by atoms with Crippen LogP contribution in [0.25, 0.3) is 11.0 Å². The Morgan fingerprint density at radius 1 is 1.24 bits per heavy atom. The molecule has 1 aliphatic rings. The first-order valence-electron chi connectivity index (χ1n) is 8.89. The molecule has 152 valence electrons. The van der Waals surface area contributed by atoms with Crippen LogP contribution in [-0.4, -0.2) is 53.7 Å². The number of aromatic amines is 1. The number of hydrogen-bond acceptors (Lipinski definition) is 6. The van der Waals surface area contributed by atoms with Crippen LogP contribution in [0.4, 0.5) is 10.1 Å². The molecule has 0 saturated carbocycles. The summed E-state index contributed by atoms with van der Waals surface area (Å²) in [5.74, 6) is -1.43. The zero-order chi connectivity index (χ0) is 20.6. The van der Waals surface area contributed by atoms with Gasteiger partial charge in [0.2, 0.25) is 5.88 Å². The fraction of sp³-hybridized carbons (Fsp3) is 0.278. The van der Waals surface area contributed by atoms with Gasteiger partial charge in [-0.3, -0.25) is 9.52 Å². The molecule has 1 saturated heterocycles. The molecule has 2 N–H and O–H groups in total. The lowest BCUT2D eigenvalue weighted by molar-refractivity contribution is 0.103. The fourth-order valence-corrected chi connectivity index (χ4v) is 4.63. The van der Waals surface area contributed by atoms with E-state index >= 15 is 4.39 Å². The van der Waals surface area contributed by atoms with Crippen LogP contribution in [-0.2, 0) is 10.2 Å². The molecule has 1 fully saturated rings. The van der Waals surface area contributed by atoms with Gasteiger partial charge in [0, 0.05) is 19.3 Å². The first-order chi connectivity index (χ1) is 13.9. The van der Waals surface area contributed by atoms with E-state index in [0.29, 0.717) is 24.1 Å². The number of ether oxygens (including phenoxy) is 1. The van der Waals surface area contributed by atoms with Gasteiger partial charge in [0.05, 0.1) is 29.3 Å². The lowest BCUT2D eigenvalue weighted by atomic mass is 10.0. The molecular formula is C18H18FN5O4S. The molecule has 4 rings (SSSR count). The maximum Gasteiger partial charge on any atom is 0.301 e. The molecule has 11 heteroatoms. The highest BCUT2D eigenvalue weighted by Gasteiger charge is 2.28. The average Bonchev–Trinajstić information content (AvgIpc) is 3.39. The Morgan fingerprint density at radius 2 is 2.00 bits per heavy atom. The minimum Gasteiger partial charge on any atom is -0.480 e. The number of ketones is 1. The van der Waals surface area contributed by atoms with E-state index in [0.717, 1.165) is 12.8 Å². The van der Waals surface area contributed by atoms with Gasteiger partial charge in [-0.2, -0.15) is 12.7 Å². The molecule has 0 atom stereocenters. The third kappa shape index (κ3) is 3.42. The predicted molar refractivity (Wildman–Crippen MR) is 104 cm³/mol. The predicted octanol–water partition coefficient (Wildman–Crippen LogP) is 2.09. The number of methoxy groups -OCH3 is 1. The fourth-order valence-electron chi connectivity index (χ4n) is 3.33. The molecule has 1 aromatic carbocycles. The summed E-state index contributed by atoms with van der Waals surface area (Å²) in [6.45, 7) is 0.759. The highest BCUT2D eigenvalue weighted by molar-refractivity contribution is 7.90. The quantitative estimate of drug-likeness (QED) is 0.591. The van der Waals surface area contributed by atoms with Crippen molar-refractivity contribution in [1.29, 1.82) is 0 Å². The number of anilines is 1. The summed E-state index contributed by atoms with van der Waals surface area (Å²) < 4.78 is 48.6. The number of rotatable bonds is 6. The van der Waals surface area contributed by atoms with Crippen molar-refractivity contribution in [3.8, 4) is 5.88 Å². The number of H-pyrrole nitrogens is 1. The van der Waals surface area contributed by atoms with Crippen molar-refractivity contribution in [1.82, 2.24) is 19.3 Å². The Balaban J connectivity index is 1.72. The number of nitrogens with zero attached hydrogens (tertiary/aromatic N) is 3. The maximum atomic E-state index is 15.1. The van der Waals surface area contributed by atoms with Crippen molar-refractivity contribution in [3.05, 3.63) is 47.7 Å². The Bertz CT molecular complexity index is 1190. The Kier molecular flexibility index (Phi) is 4.92. The summed E-state index contributed by atoms with van der Waals surface area (Å²) in [5.41, 5.74) is -0.0772. The van der Waals surface area contributed by atoms with E-state index in [1.54, 1.807) is 0 Å². The molecular weight excluding hydrogens is 401 g/mol. The number of carbonyl (C=O) groups is 1. The smallest absolute Gasteiger partial charge is 0.301 e. The van der Waals surface area contributed by atoms with Crippen LogP contribution in [0.5, 0.6) is 5.88 Å². The highest BCUT2D eigenvalue weighted by Crippen LogP contribution is 2.29. The molecule has 1 aliphatic heterocycles. The van der Waals surface area contributed by atoms with Gasteiger partial charge in [0.25, 0.3) is 0 Å². The van der Waals surface area contributed by atoms with Crippen molar-refractivity contribution in [2.24, 2.45) is 0 Å². The van der Waals surface area contributed by atoms with Crippen molar-refractivity contribution < 1.29 is 22.3 Å². The van der Waals surface area contributed by atoms with Crippen LogP contribution in [0.3, 0.4) is 0 Å². The topological polar surface area (TPSA) is 117 Å². The molecule has 0 bridgehead atoms. The van der Waals surface area contributed by atoms with Crippen LogP contribution in [0.1, 0.15) is 28.8 Å². The van der Waals surface area contributed by atoms with Gasteiger partial charge >= 0.3 is 10.2 Å². The first kappa shape index (κ1) is 19.3. The Morgan fingerprint density at radius 3 is 2.72 bits per heavy atom. The monoisotopic (exact) mass is 419 g/mol. The van der Waals surface area contributed by atoms with E-state index in [-0.39, 0.29) is 22.7 Å². The number of hydrogen-bond donors (Lipinski definition) is 2. The van der Waals surface area contributed by atoms with Gasteiger partial charge in [-0.25, -0.2) is 14.4 Å². The number of nitrogens with one attached hydrogen (secondary N) is 2. The lowest BCUT2D eigenvalue weighted by Gasteiger charge is -2.17. The standard InChI is InChI=1S/C18H18FN5O4S/c1-28-18-14-12(9-20-17(14)21-10-22-18)16(25)11-5-4-6-13(15(11)19)23-29(26,27)24-7-2-3-8-24/h4-6,9-10,23H,2-3,7-8H2,1H3,(H,20,21,22). The van der Waals surface area contributed by atoms with Crippen LogP contribution in [0.15, 0.2) is 30.7 Å². The summed E-state index contributed by atoms with van der Waals surface area (Å²) in [6.07, 6.45) is 4.18. The largest absolute Gasteiger partial charge is 0.480 e.